The first-order valence-corrected chi connectivity index (χ1v) is 7.23. The van der Waals surface area contributed by atoms with Crippen molar-refractivity contribution in [2.24, 2.45) is 5.73 Å². The molecule has 1 amide bonds. The highest BCUT2D eigenvalue weighted by atomic mass is 16.2. The van der Waals surface area contributed by atoms with E-state index in [4.69, 9.17) is 5.73 Å². The summed E-state index contributed by atoms with van der Waals surface area (Å²) in [6.07, 6.45) is 2.03. The summed E-state index contributed by atoms with van der Waals surface area (Å²) >= 11 is 0. The molecule has 2 N–H and O–H groups in total. The Morgan fingerprint density at radius 3 is 2.30 bits per heavy atom. The van der Waals surface area contributed by atoms with Crippen molar-refractivity contribution in [2.45, 2.75) is 31.3 Å². The Morgan fingerprint density at radius 1 is 1.25 bits per heavy atom. The first-order chi connectivity index (χ1) is 9.43. The molecule has 0 radical (unpaired) electrons. The summed E-state index contributed by atoms with van der Waals surface area (Å²) in [4.78, 5) is 16.8. The maximum absolute atomic E-state index is 12.7. The number of amides is 1. The van der Waals surface area contributed by atoms with Gasteiger partial charge in [-0.2, -0.15) is 0 Å². The first-order valence-electron chi connectivity index (χ1n) is 7.23. The molecule has 0 bridgehead atoms. The van der Waals surface area contributed by atoms with Crippen LogP contribution in [0.5, 0.6) is 0 Å². The van der Waals surface area contributed by atoms with E-state index in [1.54, 1.807) is 0 Å². The molecule has 0 aliphatic carbocycles. The Labute approximate surface area is 121 Å². The lowest BCUT2D eigenvalue weighted by Crippen LogP contribution is -2.54. The monoisotopic (exact) mass is 275 g/mol. The summed E-state index contributed by atoms with van der Waals surface area (Å²) in [5, 5.41) is 0. The number of likely N-dealkylation sites (tertiary alicyclic amines) is 1. The average Bonchev–Trinajstić information content (AvgIpc) is 2.47. The van der Waals surface area contributed by atoms with E-state index in [0.717, 1.165) is 31.5 Å². The van der Waals surface area contributed by atoms with Crippen molar-refractivity contribution in [3.8, 4) is 0 Å². The Balaban J connectivity index is 2.05. The molecule has 0 saturated carbocycles. The zero-order valence-corrected chi connectivity index (χ0v) is 12.7. The summed E-state index contributed by atoms with van der Waals surface area (Å²) in [6.45, 7) is 3.39. The van der Waals surface area contributed by atoms with Gasteiger partial charge in [0.25, 0.3) is 0 Å². The van der Waals surface area contributed by atoms with E-state index in [1.165, 1.54) is 0 Å². The molecule has 1 atom stereocenters. The van der Waals surface area contributed by atoms with Crippen LogP contribution in [0.2, 0.25) is 0 Å². The number of benzene rings is 1. The largest absolute Gasteiger partial charge is 0.341 e. The molecule has 0 aromatic heterocycles. The van der Waals surface area contributed by atoms with E-state index in [1.807, 2.05) is 42.2 Å². The van der Waals surface area contributed by atoms with Gasteiger partial charge in [-0.1, -0.05) is 30.3 Å². The standard InChI is InChI=1S/C16H25N3O/c1-16(17,13-7-5-4-6-8-13)15(20)19-11-9-14(10-12-19)18(2)3/h4-8,14H,9-12,17H2,1-3H3. The summed E-state index contributed by atoms with van der Waals surface area (Å²) in [5.74, 6) is 0.0286. The molecule has 1 aromatic carbocycles. The molecule has 110 valence electrons. The molecule has 1 aromatic rings. The molecular formula is C16H25N3O. The highest BCUT2D eigenvalue weighted by Gasteiger charge is 2.36. The molecule has 1 saturated heterocycles. The Hall–Kier alpha value is -1.39. The molecule has 1 aliphatic rings. The third kappa shape index (κ3) is 3.02. The van der Waals surface area contributed by atoms with Crippen molar-refractivity contribution < 1.29 is 4.79 Å². The number of piperidine rings is 1. The van der Waals surface area contributed by atoms with E-state index in [0.29, 0.717) is 6.04 Å². The van der Waals surface area contributed by atoms with Gasteiger partial charge in [0.1, 0.15) is 5.54 Å². The summed E-state index contributed by atoms with van der Waals surface area (Å²) in [6, 6.07) is 10.2. The van der Waals surface area contributed by atoms with Gasteiger partial charge in [-0.3, -0.25) is 4.79 Å². The fourth-order valence-electron chi connectivity index (χ4n) is 2.82. The van der Waals surface area contributed by atoms with Gasteiger partial charge in [0.2, 0.25) is 5.91 Å². The smallest absolute Gasteiger partial charge is 0.246 e. The van der Waals surface area contributed by atoms with Crippen molar-refractivity contribution >= 4 is 5.91 Å². The minimum atomic E-state index is -0.938. The second kappa shape index (κ2) is 5.94. The number of hydrogen-bond acceptors (Lipinski definition) is 3. The van der Waals surface area contributed by atoms with Crippen LogP contribution in [0, 0.1) is 0 Å². The maximum atomic E-state index is 12.7. The van der Waals surface area contributed by atoms with Crippen LogP contribution < -0.4 is 5.73 Å². The van der Waals surface area contributed by atoms with Gasteiger partial charge in [0, 0.05) is 19.1 Å². The zero-order valence-electron chi connectivity index (χ0n) is 12.7. The van der Waals surface area contributed by atoms with E-state index in [2.05, 4.69) is 19.0 Å². The first kappa shape index (κ1) is 15.0. The molecule has 1 heterocycles. The van der Waals surface area contributed by atoms with Gasteiger partial charge >= 0.3 is 0 Å². The minimum absolute atomic E-state index is 0.0286. The maximum Gasteiger partial charge on any atom is 0.246 e. The van der Waals surface area contributed by atoms with Gasteiger partial charge < -0.3 is 15.5 Å². The lowest BCUT2D eigenvalue weighted by Gasteiger charge is -2.38. The van der Waals surface area contributed by atoms with Crippen LogP contribution in [0.25, 0.3) is 0 Å². The average molecular weight is 275 g/mol. The van der Waals surface area contributed by atoms with E-state index < -0.39 is 5.54 Å². The predicted octanol–water partition coefficient (Wildman–Crippen LogP) is 1.41. The second-order valence-electron chi connectivity index (χ2n) is 6.06. The second-order valence-corrected chi connectivity index (χ2v) is 6.06. The molecule has 4 heteroatoms. The third-order valence-corrected chi connectivity index (χ3v) is 4.30. The minimum Gasteiger partial charge on any atom is -0.341 e. The molecular weight excluding hydrogens is 250 g/mol. The van der Waals surface area contributed by atoms with Gasteiger partial charge in [-0.05, 0) is 39.4 Å². The fraction of sp³-hybridized carbons (Fsp3) is 0.562. The molecule has 0 spiro atoms. The van der Waals surface area contributed by atoms with Gasteiger partial charge in [0.15, 0.2) is 0 Å². The van der Waals surface area contributed by atoms with Crippen molar-refractivity contribution in [1.82, 2.24) is 9.80 Å². The van der Waals surface area contributed by atoms with Crippen LogP contribution in [0.4, 0.5) is 0 Å². The topological polar surface area (TPSA) is 49.6 Å². The van der Waals surface area contributed by atoms with E-state index in [9.17, 15) is 4.79 Å². The van der Waals surface area contributed by atoms with Crippen LogP contribution in [-0.2, 0) is 10.3 Å². The van der Waals surface area contributed by atoms with Crippen molar-refractivity contribution in [1.29, 1.82) is 0 Å². The summed E-state index contributed by atoms with van der Waals surface area (Å²) in [5.41, 5.74) is 6.24. The van der Waals surface area contributed by atoms with Crippen molar-refractivity contribution in [3.63, 3.8) is 0 Å². The number of carbonyl (C=O) groups excluding carboxylic acids is 1. The van der Waals surface area contributed by atoms with Crippen LogP contribution in [0.1, 0.15) is 25.3 Å². The quantitative estimate of drug-likeness (QED) is 0.907. The number of nitrogens with two attached hydrogens (primary N) is 1. The fourth-order valence-corrected chi connectivity index (χ4v) is 2.82. The van der Waals surface area contributed by atoms with Gasteiger partial charge in [0.05, 0.1) is 0 Å². The summed E-state index contributed by atoms with van der Waals surface area (Å²) in [7, 11) is 4.19. The Morgan fingerprint density at radius 2 is 1.80 bits per heavy atom. The van der Waals surface area contributed by atoms with Crippen LogP contribution >= 0.6 is 0 Å². The van der Waals surface area contributed by atoms with Crippen LogP contribution in [0.15, 0.2) is 30.3 Å². The van der Waals surface area contributed by atoms with Gasteiger partial charge in [-0.25, -0.2) is 0 Å². The lowest BCUT2D eigenvalue weighted by molar-refractivity contribution is -0.138. The predicted molar refractivity (Wildman–Crippen MR) is 81.3 cm³/mol. The molecule has 1 aliphatic heterocycles. The van der Waals surface area contributed by atoms with Crippen LogP contribution in [-0.4, -0.2) is 48.9 Å². The zero-order chi connectivity index (χ0) is 14.8. The van der Waals surface area contributed by atoms with Crippen LogP contribution in [0.3, 0.4) is 0 Å². The number of rotatable bonds is 3. The molecule has 20 heavy (non-hydrogen) atoms. The molecule has 2 rings (SSSR count). The highest BCUT2D eigenvalue weighted by molar-refractivity contribution is 5.87. The number of nitrogens with zero attached hydrogens (tertiary/aromatic N) is 2. The Bertz CT molecular complexity index is 448. The van der Waals surface area contributed by atoms with Gasteiger partial charge in [-0.15, -0.1) is 0 Å². The molecule has 1 fully saturated rings. The van der Waals surface area contributed by atoms with Crippen molar-refractivity contribution in [2.75, 3.05) is 27.2 Å². The number of carbonyl (C=O) groups is 1. The normalized spacial score (nSPS) is 19.9. The summed E-state index contributed by atoms with van der Waals surface area (Å²) < 4.78 is 0. The molecule has 4 nitrogen and oxygen atoms in total. The van der Waals surface area contributed by atoms with Crippen molar-refractivity contribution in [3.05, 3.63) is 35.9 Å². The SMILES string of the molecule is CN(C)C1CCN(C(=O)C(C)(N)c2ccccc2)CC1. The highest BCUT2D eigenvalue weighted by Crippen LogP contribution is 2.23. The number of hydrogen-bond donors (Lipinski definition) is 1. The lowest BCUT2D eigenvalue weighted by atomic mass is 9.90. The third-order valence-electron chi connectivity index (χ3n) is 4.30. The van der Waals surface area contributed by atoms with E-state index in [-0.39, 0.29) is 5.91 Å². The Kier molecular flexibility index (Phi) is 4.45. The van der Waals surface area contributed by atoms with E-state index >= 15 is 0 Å². The molecule has 1 unspecified atom stereocenters.